The SMILES string of the molecule is CC(C)[N-][C@@H]1CCCC[C@H]1[N-]C(C)C.[Li+].[Li+]. The molecule has 16 heavy (non-hydrogen) atoms. The zero-order valence-electron chi connectivity index (χ0n) is 12.0. The van der Waals surface area contributed by atoms with Gasteiger partial charge in [-0.3, -0.25) is 0 Å². The topological polar surface area (TPSA) is 28.2 Å². The van der Waals surface area contributed by atoms with E-state index in [-0.39, 0.29) is 37.7 Å². The van der Waals surface area contributed by atoms with E-state index in [0.29, 0.717) is 24.2 Å². The van der Waals surface area contributed by atoms with E-state index in [2.05, 4.69) is 27.7 Å². The van der Waals surface area contributed by atoms with Gasteiger partial charge in [-0.25, -0.2) is 0 Å². The van der Waals surface area contributed by atoms with Gasteiger partial charge in [-0.15, -0.1) is 12.1 Å². The first-order valence-electron chi connectivity index (χ1n) is 5.99. The van der Waals surface area contributed by atoms with Crippen molar-refractivity contribution in [2.75, 3.05) is 0 Å². The molecule has 1 aliphatic rings. The maximum atomic E-state index is 4.78. The molecule has 0 N–H and O–H groups in total. The number of rotatable bonds is 4. The Kier molecular flexibility index (Phi) is 12.3. The molecule has 0 bridgehead atoms. The second-order valence-corrected chi connectivity index (χ2v) is 4.90. The molecule has 0 heterocycles. The summed E-state index contributed by atoms with van der Waals surface area (Å²) in [5.41, 5.74) is 0. The van der Waals surface area contributed by atoms with Crippen LogP contribution in [-0.4, -0.2) is 24.2 Å². The van der Waals surface area contributed by atoms with E-state index in [1.54, 1.807) is 0 Å². The molecule has 0 aromatic heterocycles. The predicted octanol–water partition coefficient (Wildman–Crippen LogP) is -2.13. The third-order valence-corrected chi connectivity index (χ3v) is 2.67. The van der Waals surface area contributed by atoms with Crippen molar-refractivity contribution in [3.63, 3.8) is 0 Å². The van der Waals surface area contributed by atoms with E-state index in [9.17, 15) is 0 Å². The molecule has 84 valence electrons. The Morgan fingerprint density at radius 1 is 0.750 bits per heavy atom. The average Bonchev–Trinajstić information content (AvgIpc) is 2.06. The van der Waals surface area contributed by atoms with Crippen LogP contribution in [0.1, 0.15) is 53.4 Å². The Morgan fingerprint density at radius 3 is 1.31 bits per heavy atom. The Hall–Kier alpha value is 1.11. The van der Waals surface area contributed by atoms with Crippen molar-refractivity contribution >= 4 is 0 Å². The summed E-state index contributed by atoms with van der Waals surface area (Å²) in [7, 11) is 0. The maximum Gasteiger partial charge on any atom is 1.00 e. The van der Waals surface area contributed by atoms with Crippen LogP contribution in [-0.2, 0) is 0 Å². The molecule has 0 radical (unpaired) electrons. The van der Waals surface area contributed by atoms with Crippen LogP contribution in [0.25, 0.3) is 10.6 Å². The molecular formula is C12H24Li2N2. The molecule has 1 aliphatic carbocycles. The smallest absolute Gasteiger partial charge is 0.658 e. The van der Waals surface area contributed by atoms with Crippen molar-refractivity contribution in [2.24, 2.45) is 0 Å². The van der Waals surface area contributed by atoms with Gasteiger partial charge in [-0.2, -0.15) is 12.1 Å². The van der Waals surface area contributed by atoms with Crippen LogP contribution in [0, 0.1) is 0 Å². The first kappa shape index (κ1) is 19.5. The fraction of sp³-hybridized carbons (Fsp3) is 1.00. The summed E-state index contributed by atoms with van der Waals surface area (Å²) < 4.78 is 0. The second kappa shape index (κ2) is 10.1. The van der Waals surface area contributed by atoms with E-state index >= 15 is 0 Å². The van der Waals surface area contributed by atoms with Crippen LogP contribution in [0.5, 0.6) is 0 Å². The monoisotopic (exact) mass is 210 g/mol. The maximum absolute atomic E-state index is 4.78. The molecule has 4 heteroatoms. The van der Waals surface area contributed by atoms with Crippen molar-refractivity contribution in [2.45, 2.75) is 77.5 Å². The van der Waals surface area contributed by atoms with Gasteiger partial charge in [0.2, 0.25) is 0 Å². The van der Waals surface area contributed by atoms with Crippen LogP contribution >= 0.6 is 0 Å². The second-order valence-electron chi connectivity index (χ2n) is 4.90. The van der Waals surface area contributed by atoms with Crippen molar-refractivity contribution in [3.8, 4) is 0 Å². The molecular weight excluding hydrogens is 186 g/mol. The Morgan fingerprint density at radius 2 is 1.06 bits per heavy atom. The van der Waals surface area contributed by atoms with Gasteiger partial charge in [-0.1, -0.05) is 53.4 Å². The van der Waals surface area contributed by atoms with Gasteiger partial charge >= 0.3 is 37.7 Å². The van der Waals surface area contributed by atoms with E-state index in [1.165, 1.54) is 25.7 Å². The molecule has 0 spiro atoms. The summed E-state index contributed by atoms with van der Waals surface area (Å²) in [6.45, 7) is 8.67. The summed E-state index contributed by atoms with van der Waals surface area (Å²) in [6.07, 6.45) is 5.17. The molecule has 2 atom stereocenters. The third kappa shape index (κ3) is 7.44. The van der Waals surface area contributed by atoms with Gasteiger partial charge < -0.3 is 10.6 Å². The predicted molar refractivity (Wildman–Crippen MR) is 63.0 cm³/mol. The minimum Gasteiger partial charge on any atom is -0.658 e. The van der Waals surface area contributed by atoms with Crippen LogP contribution in [0.3, 0.4) is 0 Å². The summed E-state index contributed by atoms with van der Waals surface area (Å²) in [6, 6.07) is 1.93. The molecule has 0 unspecified atom stereocenters. The van der Waals surface area contributed by atoms with Crippen molar-refractivity contribution in [1.82, 2.24) is 0 Å². The van der Waals surface area contributed by atoms with Gasteiger partial charge in [0.15, 0.2) is 0 Å². The Balaban J connectivity index is 0. The zero-order chi connectivity index (χ0) is 10.6. The van der Waals surface area contributed by atoms with Gasteiger partial charge in [-0.05, 0) is 0 Å². The third-order valence-electron chi connectivity index (χ3n) is 2.67. The average molecular weight is 210 g/mol. The first-order chi connectivity index (χ1) is 6.59. The minimum atomic E-state index is 0. The Bertz CT molecular complexity index is 145. The fourth-order valence-electron chi connectivity index (χ4n) is 2.21. The zero-order valence-corrected chi connectivity index (χ0v) is 12.0. The van der Waals surface area contributed by atoms with Gasteiger partial charge in [0, 0.05) is 0 Å². The molecule has 0 aliphatic heterocycles. The van der Waals surface area contributed by atoms with Gasteiger partial charge in [0.05, 0.1) is 0 Å². The standard InChI is InChI=1S/C12H24N2.2Li/c1-9(2)13-11-7-5-6-8-12(11)14-10(3)4;;/h9-12H,5-8H2,1-4H3;;/q-2;2*+1/t11-,12-;;/m1../s1. The van der Waals surface area contributed by atoms with Crippen LogP contribution < -0.4 is 37.7 Å². The first-order valence-corrected chi connectivity index (χ1v) is 5.99. The normalized spacial score (nSPS) is 25.1. The number of hydrogen-bond donors (Lipinski definition) is 0. The van der Waals surface area contributed by atoms with E-state index in [1.807, 2.05) is 0 Å². The molecule has 0 aromatic rings. The molecule has 2 nitrogen and oxygen atoms in total. The van der Waals surface area contributed by atoms with Crippen molar-refractivity contribution < 1.29 is 37.7 Å². The summed E-state index contributed by atoms with van der Waals surface area (Å²) in [4.78, 5) is 0. The van der Waals surface area contributed by atoms with E-state index in [4.69, 9.17) is 10.6 Å². The number of nitrogens with zero attached hydrogens (tertiary/aromatic N) is 2. The summed E-state index contributed by atoms with van der Waals surface area (Å²) in [5, 5.41) is 9.55. The largest absolute Gasteiger partial charge is 1.00 e. The molecule has 1 fully saturated rings. The van der Waals surface area contributed by atoms with Crippen molar-refractivity contribution in [1.29, 1.82) is 0 Å². The van der Waals surface area contributed by atoms with Crippen LogP contribution in [0.2, 0.25) is 0 Å². The van der Waals surface area contributed by atoms with Gasteiger partial charge in [0.1, 0.15) is 0 Å². The number of hydrogen-bond acceptors (Lipinski definition) is 0. The van der Waals surface area contributed by atoms with Crippen LogP contribution in [0.4, 0.5) is 0 Å². The van der Waals surface area contributed by atoms with Crippen LogP contribution in [0.15, 0.2) is 0 Å². The fourth-order valence-corrected chi connectivity index (χ4v) is 2.21. The Labute approximate surface area is 125 Å². The van der Waals surface area contributed by atoms with Gasteiger partial charge in [0.25, 0.3) is 0 Å². The van der Waals surface area contributed by atoms with E-state index < -0.39 is 0 Å². The molecule has 0 saturated heterocycles. The summed E-state index contributed by atoms with van der Waals surface area (Å²) in [5.74, 6) is 0. The molecule has 0 aromatic carbocycles. The quantitative estimate of drug-likeness (QED) is 0.474. The van der Waals surface area contributed by atoms with Crippen molar-refractivity contribution in [3.05, 3.63) is 10.6 Å². The molecule has 1 saturated carbocycles. The summed E-state index contributed by atoms with van der Waals surface area (Å²) >= 11 is 0. The molecule has 0 amide bonds. The molecule has 1 rings (SSSR count). The van der Waals surface area contributed by atoms with E-state index in [0.717, 1.165) is 0 Å². The minimum absolute atomic E-state index is 0.